The van der Waals surface area contributed by atoms with Crippen LogP contribution in [0.5, 0.6) is 0 Å². The van der Waals surface area contributed by atoms with Crippen molar-refractivity contribution in [3.8, 4) is 10.8 Å². The molecular formula is C18H18N4O4S2. The van der Waals surface area contributed by atoms with Crippen molar-refractivity contribution in [1.29, 1.82) is 0 Å². The third-order valence-corrected chi connectivity index (χ3v) is 6.52. The van der Waals surface area contributed by atoms with E-state index in [1.165, 1.54) is 23.5 Å². The fourth-order valence-corrected chi connectivity index (χ4v) is 4.46. The molecule has 1 amide bonds. The Labute approximate surface area is 166 Å². The Morgan fingerprint density at radius 2 is 1.96 bits per heavy atom. The number of hydrogen-bond donors (Lipinski definition) is 3. The molecule has 1 fully saturated rings. The van der Waals surface area contributed by atoms with Gasteiger partial charge in [0.15, 0.2) is 5.69 Å². The number of oxazole rings is 1. The van der Waals surface area contributed by atoms with Gasteiger partial charge in [0.25, 0.3) is 5.91 Å². The molecule has 3 N–H and O–H groups in total. The van der Waals surface area contributed by atoms with Gasteiger partial charge in [0.05, 0.1) is 15.5 Å². The third-order valence-electron chi connectivity index (χ3n) is 4.13. The van der Waals surface area contributed by atoms with Gasteiger partial charge in [-0.25, -0.2) is 18.1 Å². The molecule has 0 spiro atoms. The van der Waals surface area contributed by atoms with Crippen molar-refractivity contribution in [3.63, 3.8) is 0 Å². The van der Waals surface area contributed by atoms with Gasteiger partial charge >= 0.3 is 0 Å². The van der Waals surface area contributed by atoms with E-state index in [0.717, 1.165) is 17.7 Å². The van der Waals surface area contributed by atoms with E-state index >= 15 is 0 Å². The summed E-state index contributed by atoms with van der Waals surface area (Å²) >= 11 is 1.47. The first-order valence-electron chi connectivity index (χ1n) is 8.62. The predicted octanol–water partition coefficient (Wildman–Crippen LogP) is 2.91. The van der Waals surface area contributed by atoms with E-state index < -0.39 is 15.9 Å². The average Bonchev–Trinajstić information content (AvgIpc) is 3.16. The van der Waals surface area contributed by atoms with Gasteiger partial charge in [-0.2, -0.15) is 0 Å². The first-order chi connectivity index (χ1) is 13.4. The van der Waals surface area contributed by atoms with Gasteiger partial charge in [-0.1, -0.05) is 6.07 Å². The largest absolute Gasteiger partial charge is 0.440 e. The van der Waals surface area contributed by atoms with Gasteiger partial charge in [-0.3, -0.25) is 15.6 Å². The lowest BCUT2D eigenvalue weighted by molar-refractivity contribution is 0.0957. The fraction of sp³-hybridized carbons (Fsp3) is 0.222. The van der Waals surface area contributed by atoms with E-state index in [1.54, 1.807) is 19.1 Å². The minimum absolute atomic E-state index is 0.0480. The predicted molar refractivity (Wildman–Crippen MR) is 105 cm³/mol. The van der Waals surface area contributed by atoms with Crippen LogP contribution in [-0.2, 0) is 10.0 Å². The zero-order valence-corrected chi connectivity index (χ0v) is 16.6. The molecule has 28 heavy (non-hydrogen) atoms. The van der Waals surface area contributed by atoms with E-state index in [-0.39, 0.29) is 16.6 Å². The maximum atomic E-state index is 12.4. The van der Waals surface area contributed by atoms with Crippen LogP contribution in [0, 0.1) is 6.92 Å². The Morgan fingerprint density at radius 1 is 1.21 bits per heavy atom. The first-order valence-corrected chi connectivity index (χ1v) is 11.0. The number of benzene rings is 1. The normalized spacial score (nSPS) is 14.0. The van der Waals surface area contributed by atoms with Gasteiger partial charge in [-0.15, -0.1) is 11.3 Å². The molecular weight excluding hydrogens is 400 g/mol. The first kappa shape index (κ1) is 18.7. The quantitative estimate of drug-likeness (QED) is 0.509. The average molecular weight is 419 g/mol. The van der Waals surface area contributed by atoms with Gasteiger partial charge < -0.3 is 4.42 Å². The summed E-state index contributed by atoms with van der Waals surface area (Å²) in [5.74, 6) is 0.363. The van der Waals surface area contributed by atoms with Crippen LogP contribution < -0.4 is 15.6 Å². The lowest BCUT2D eigenvalue weighted by Gasteiger charge is -2.09. The van der Waals surface area contributed by atoms with E-state index in [2.05, 4.69) is 20.6 Å². The summed E-state index contributed by atoms with van der Waals surface area (Å²) in [6.07, 6.45) is 1.75. The molecule has 10 heteroatoms. The zero-order valence-electron chi connectivity index (χ0n) is 14.9. The summed E-state index contributed by atoms with van der Waals surface area (Å²) in [5.41, 5.74) is 6.02. The number of aromatic nitrogens is 1. The second-order valence-corrected chi connectivity index (χ2v) is 9.06. The van der Waals surface area contributed by atoms with Gasteiger partial charge in [-0.05, 0) is 55.5 Å². The molecule has 0 atom stereocenters. The Bertz CT molecular complexity index is 1090. The maximum absolute atomic E-state index is 12.4. The molecule has 0 bridgehead atoms. The van der Waals surface area contributed by atoms with Crippen molar-refractivity contribution in [3.05, 3.63) is 53.2 Å². The number of hydrazine groups is 1. The number of amides is 1. The number of thiophene rings is 1. The molecule has 2 heterocycles. The fourth-order valence-electron chi connectivity index (χ4n) is 2.51. The minimum atomic E-state index is -3.50. The van der Waals surface area contributed by atoms with E-state index in [1.807, 2.05) is 17.5 Å². The molecule has 3 aromatic rings. The number of nitrogens with one attached hydrogen (secondary N) is 3. The summed E-state index contributed by atoms with van der Waals surface area (Å²) < 4.78 is 32.5. The summed E-state index contributed by atoms with van der Waals surface area (Å²) in [6.45, 7) is 1.67. The van der Waals surface area contributed by atoms with Gasteiger partial charge in [0.1, 0.15) is 5.76 Å². The van der Waals surface area contributed by atoms with E-state index in [9.17, 15) is 13.2 Å². The van der Waals surface area contributed by atoms with Crippen LogP contribution >= 0.6 is 11.3 Å². The highest BCUT2D eigenvalue weighted by Gasteiger charge is 2.27. The molecule has 8 nitrogen and oxygen atoms in total. The van der Waals surface area contributed by atoms with Crippen LogP contribution in [0.1, 0.15) is 29.1 Å². The second-order valence-electron chi connectivity index (χ2n) is 6.40. The van der Waals surface area contributed by atoms with Crippen molar-refractivity contribution in [2.24, 2.45) is 0 Å². The number of rotatable bonds is 7. The standard InChI is InChI=1S/C18H18N4O4S2/c1-11-16(19-18(26-11)15-3-2-10-27-15)17(23)21-20-12-6-8-14(9-7-12)28(24,25)22-13-4-5-13/h2-3,6-10,13,20,22H,4-5H2,1H3,(H,21,23). The van der Waals surface area contributed by atoms with Crippen molar-refractivity contribution < 1.29 is 17.6 Å². The van der Waals surface area contributed by atoms with Crippen molar-refractivity contribution in [2.75, 3.05) is 5.43 Å². The minimum Gasteiger partial charge on any atom is -0.440 e. The van der Waals surface area contributed by atoms with E-state index in [4.69, 9.17) is 4.42 Å². The second kappa shape index (κ2) is 7.38. The molecule has 1 aliphatic rings. The number of anilines is 1. The van der Waals surface area contributed by atoms with Crippen molar-refractivity contribution in [1.82, 2.24) is 15.1 Å². The molecule has 0 aliphatic heterocycles. The van der Waals surface area contributed by atoms with Crippen LogP contribution in [0.3, 0.4) is 0 Å². The lowest BCUT2D eigenvalue weighted by atomic mass is 10.3. The maximum Gasteiger partial charge on any atom is 0.291 e. The molecule has 1 aliphatic carbocycles. The van der Waals surface area contributed by atoms with Crippen LogP contribution in [0.25, 0.3) is 10.8 Å². The molecule has 146 valence electrons. The molecule has 0 saturated heterocycles. The Hall–Kier alpha value is -2.69. The topological polar surface area (TPSA) is 113 Å². The lowest BCUT2D eigenvalue weighted by Crippen LogP contribution is -2.30. The number of hydrogen-bond acceptors (Lipinski definition) is 7. The molecule has 2 aromatic heterocycles. The molecule has 0 unspecified atom stereocenters. The highest BCUT2D eigenvalue weighted by molar-refractivity contribution is 7.89. The molecule has 4 rings (SSSR count). The van der Waals surface area contributed by atoms with Crippen LogP contribution in [0.15, 0.2) is 51.1 Å². The molecule has 1 aromatic carbocycles. The number of carbonyl (C=O) groups is 1. The van der Waals surface area contributed by atoms with Crippen molar-refractivity contribution >= 4 is 33.0 Å². The smallest absolute Gasteiger partial charge is 0.291 e. The molecule has 0 radical (unpaired) electrons. The summed E-state index contributed by atoms with van der Waals surface area (Å²) in [5, 5.41) is 1.90. The summed E-state index contributed by atoms with van der Waals surface area (Å²) in [6, 6.07) is 9.91. The van der Waals surface area contributed by atoms with Gasteiger partial charge in [0, 0.05) is 6.04 Å². The molecule has 1 saturated carbocycles. The highest BCUT2D eigenvalue weighted by atomic mass is 32.2. The summed E-state index contributed by atoms with van der Waals surface area (Å²) in [4.78, 5) is 17.7. The van der Waals surface area contributed by atoms with Crippen molar-refractivity contribution in [2.45, 2.75) is 30.7 Å². The number of aryl methyl sites for hydroxylation is 1. The van der Waals surface area contributed by atoms with E-state index in [0.29, 0.717) is 17.3 Å². The van der Waals surface area contributed by atoms with Gasteiger partial charge in [0.2, 0.25) is 15.9 Å². The number of carbonyl (C=O) groups excluding carboxylic acids is 1. The number of nitrogens with zero attached hydrogens (tertiary/aromatic N) is 1. The highest BCUT2D eigenvalue weighted by Crippen LogP contribution is 2.26. The zero-order chi connectivity index (χ0) is 19.7. The SMILES string of the molecule is Cc1oc(-c2cccs2)nc1C(=O)NNc1ccc(S(=O)(=O)NC2CC2)cc1. The van der Waals surface area contributed by atoms with Crippen LogP contribution in [0.4, 0.5) is 5.69 Å². The van der Waals surface area contributed by atoms with Crippen LogP contribution in [0.2, 0.25) is 0 Å². The Morgan fingerprint density at radius 3 is 2.61 bits per heavy atom. The monoisotopic (exact) mass is 418 g/mol. The third kappa shape index (κ3) is 4.08. The Kier molecular flexibility index (Phi) is 4.92. The summed E-state index contributed by atoms with van der Waals surface area (Å²) in [7, 11) is -3.50. The van der Waals surface area contributed by atoms with Crippen LogP contribution in [-0.4, -0.2) is 25.4 Å². The Balaban J connectivity index is 1.40. The number of sulfonamides is 1.